The number of rotatable bonds is 4. The lowest BCUT2D eigenvalue weighted by atomic mass is 10.1. The van der Waals surface area contributed by atoms with Gasteiger partial charge in [-0.15, -0.1) is 11.3 Å². The molecule has 0 aliphatic rings. The number of hydrogen-bond donors (Lipinski definition) is 1. The van der Waals surface area contributed by atoms with E-state index in [0.717, 1.165) is 12.1 Å². The number of benzene rings is 1. The molecule has 18 heavy (non-hydrogen) atoms. The van der Waals surface area contributed by atoms with Crippen LogP contribution in [0.4, 0.5) is 0 Å². The van der Waals surface area contributed by atoms with Gasteiger partial charge < -0.3 is 5.32 Å². The molecule has 0 saturated carbocycles. The van der Waals surface area contributed by atoms with Crippen LogP contribution < -0.4 is 5.32 Å². The van der Waals surface area contributed by atoms with Crippen LogP contribution >= 0.6 is 11.3 Å². The number of aromatic nitrogens is 1. The molecule has 0 aliphatic heterocycles. The van der Waals surface area contributed by atoms with Gasteiger partial charge in [0.05, 0.1) is 10.7 Å². The molecule has 1 unspecified atom stereocenters. The zero-order valence-electron chi connectivity index (χ0n) is 11.4. The molecule has 0 saturated heterocycles. The minimum atomic E-state index is 0.384. The van der Waals surface area contributed by atoms with Crippen molar-refractivity contribution in [3.05, 3.63) is 51.0 Å². The summed E-state index contributed by atoms with van der Waals surface area (Å²) in [6, 6.07) is 9.08. The van der Waals surface area contributed by atoms with E-state index in [4.69, 9.17) is 0 Å². The standard InChI is InChI=1S/C15H20N2S/c1-10-5-7-13(8-6-10)9-14-17-12(3)15(18-14)11(2)16-4/h5-8,11,16H,9H2,1-4H3. The van der Waals surface area contributed by atoms with E-state index in [1.807, 2.05) is 18.4 Å². The van der Waals surface area contributed by atoms with Gasteiger partial charge in [0.25, 0.3) is 0 Å². The molecule has 2 rings (SSSR count). The molecular weight excluding hydrogens is 240 g/mol. The third kappa shape index (κ3) is 2.98. The van der Waals surface area contributed by atoms with Crippen molar-refractivity contribution in [1.82, 2.24) is 10.3 Å². The van der Waals surface area contributed by atoms with E-state index in [9.17, 15) is 0 Å². The fourth-order valence-electron chi connectivity index (χ4n) is 1.95. The van der Waals surface area contributed by atoms with Gasteiger partial charge in [-0.3, -0.25) is 0 Å². The summed E-state index contributed by atoms with van der Waals surface area (Å²) in [5.74, 6) is 0. The van der Waals surface area contributed by atoms with Gasteiger partial charge in [-0.1, -0.05) is 29.8 Å². The summed E-state index contributed by atoms with van der Waals surface area (Å²) in [5.41, 5.74) is 3.79. The van der Waals surface area contributed by atoms with Crippen molar-refractivity contribution >= 4 is 11.3 Å². The Balaban J connectivity index is 2.17. The van der Waals surface area contributed by atoms with Gasteiger partial charge in [0.1, 0.15) is 0 Å². The molecule has 1 aromatic carbocycles. The highest BCUT2D eigenvalue weighted by Gasteiger charge is 2.12. The van der Waals surface area contributed by atoms with Crippen molar-refractivity contribution in [3.8, 4) is 0 Å². The highest BCUT2D eigenvalue weighted by atomic mass is 32.1. The van der Waals surface area contributed by atoms with E-state index < -0.39 is 0 Å². The summed E-state index contributed by atoms with van der Waals surface area (Å²) in [6.07, 6.45) is 0.933. The van der Waals surface area contributed by atoms with E-state index in [1.54, 1.807) is 0 Å². The Labute approximate surface area is 113 Å². The lowest BCUT2D eigenvalue weighted by Gasteiger charge is -2.06. The molecule has 0 bridgehead atoms. The Bertz CT molecular complexity index is 514. The van der Waals surface area contributed by atoms with Crippen LogP contribution in [0.1, 0.15) is 39.7 Å². The molecule has 2 aromatic rings. The highest BCUT2D eigenvalue weighted by Crippen LogP contribution is 2.26. The number of nitrogens with zero attached hydrogens (tertiary/aromatic N) is 1. The van der Waals surface area contributed by atoms with Crippen LogP contribution in [0.25, 0.3) is 0 Å². The van der Waals surface area contributed by atoms with Crippen molar-refractivity contribution in [1.29, 1.82) is 0 Å². The minimum Gasteiger partial charge on any atom is -0.312 e. The van der Waals surface area contributed by atoms with Crippen LogP contribution in [0.3, 0.4) is 0 Å². The van der Waals surface area contributed by atoms with Crippen LogP contribution in [-0.2, 0) is 6.42 Å². The quantitative estimate of drug-likeness (QED) is 0.908. The maximum Gasteiger partial charge on any atom is 0.0975 e. The van der Waals surface area contributed by atoms with E-state index in [2.05, 4.69) is 55.3 Å². The molecule has 96 valence electrons. The van der Waals surface area contributed by atoms with Crippen LogP contribution in [0.15, 0.2) is 24.3 Å². The predicted octanol–water partition coefficient (Wildman–Crippen LogP) is 3.63. The Kier molecular flexibility index (Phi) is 4.15. The van der Waals surface area contributed by atoms with Gasteiger partial charge in [-0.25, -0.2) is 4.98 Å². The van der Waals surface area contributed by atoms with E-state index in [1.165, 1.54) is 21.0 Å². The monoisotopic (exact) mass is 260 g/mol. The normalized spacial score (nSPS) is 12.7. The highest BCUT2D eigenvalue weighted by molar-refractivity contribution is 7.11. The molecule has 1 N–H and O–H groups in total. The second-order valence-corrected chi connectivity index (χ2v) is 5.85. The predicted molar refractivity (Wildman–Crippen MR) is 78.3 cm³/mol. The molecule has 3 heteroatoms. The first-order chi connectivity index (χ1) is 8.60. The van der Waals surface area contributed by atoms with Gasteiger partial charge in [-0.2, -0.15) is 0 Å². The molecule has 1 atom stereocenters. The van der Waals surface area contributed by atoms with Crippen LogP contribution in [0, 0.1) is 13.8 Å². The molecule has 0 radical (unpaired) electrons. The summed E-state index contributed by atoms with van der Waals surface area (Å²) in [5, 5.41) is 4.48. The summed E-state index contributed by atoms with van der Waals surface area (Å²) in [6.45, 7) is 6.39. The van der Waals surface area contributed by atoms with Gasteiger partial charge in [0.15, 0.2) is 0 Å². The molecule has 1 heterocycles. The van der Waals surface area contributed by atoms with Gasteiger partial charge in [0, 0.05) is 17.3 Å². The zero-order chi connectivity index (χ0) is 13.1. The maximum absolute atomic E-state index is 4.68. The van der Waals surface area contributed by atoms with Crippen molar-refractivity contribution < 1.29 is 0 Å². The molecule has 0 aliphatic carbocycles. The molecule has 0 amide bonds. The third-order valence-corrected chi connectivity index (χ3v) is 4.52. The Morgan fingerprint density at radius 2 is 1.89 bits per heavy atom. The largest absolute Gasteiger partial charge is 0.312 e. The van der Waals surface area contributed by atoms with E-state index in [-0.39, 0.29) is 0 Å². The first-order valence-electron chi connectivity index (χ1n) is 6.29. The maximum atomic E-state index is 4.68. The van der Waals surface area contributed by atoms with Crippen molar-refractivity contribution in [2.24, 2.45) is 0 Å². The average molecular weight is 260 g/mol. The summed E-state index contributed by atoms with van der Waals surface area (Å²) < 4.78 is 0. The van der Waals surface area contributed by atoms with Crippen molar-refractivity contribution in [2.45, 2.75) is 33.2 Å². The second-order valence-electron chi connectivity index (χ2n) is 4.73. The third-order valence-electron chi connectivity index (χ3n) is 3.18. The SMILES string of the molecule is CNC(C)c1sc(Cc2ccc(C)cc2)nc1C. The van der Waals surface area contributed by atoms with Gasteiger partial charge in [0.2, 0.25) is 0 Å². The van der Waals surface area contributed by atoms with Crippen LogP contribution in [-0.4, -0.2) is 12.0 Å². The minimum absolute atomic E-state index is 0.384. The summed E-state index contributed by atoms with van der Waals surface area (Å²) >= 11 is 1.82. The lowest BCUT2D eigenvalue weighted by Crippen LogP contribution is -2.11. The fourth-order valence-corrected chi connectivity index (χ4v) is 3.12. The molecule has 1 aromatic heterocycles. The number of thiazole rings is 1. The molecule has 0 fully saturated rings. The topological polar surface area (TPSA) is 24.9 Å². The Hall–Kier alpha value is -1.19. The van der Waals surface area contributed by atoms with Gasteiger partial charge in [-0.05, 0) is 33.4 Å². The zero-order valence-corrected chi connectivity index (χ0v) is 12.3. The molecule has 0 spiro atoms. The summed E-state index contributed by atoms with van der Waals surface area (Å²) in [4.78, 5) is 6.02. The van der Waals surface area contributed by atoms with E-state index in [0.29, 0.717) is 6.04 Å². The van der Waals surface area contributed by atoms with Crippen LogP contribution in [0.5, 0.6) is 0 Å². The Morgan fingerprint density at radius 3 is 2.50 bits per heavy atom. The number of nitrogens with one attached hydrogen (secondary N) is 1. The van der Waals surface area contributed by atoms with Crippen molar-refractivity contribution in [3.63, 3.8) is 0 Å². The van der Waals surface area contributed by atoms with Gasteiger partial charge >= 0.3 is 0 Å². The van der Waals surface area contributed by atoms with E-state index >= 15 is 0 Å². The molecule has 2 nitrogen and oxygen atoms in total. The number of aryl methyl sites for hydroxylation is 2. The first-order valence-corrected chi connectivity index (χ1v) is 7.11. The lowest BCUT2D eigenvalue weighted by molar-refractivity contribution is 0.658. The number of hydrogen-bond acceptors (Lipinski definition) is 3. The smallest absolute Gasteiger partial charge is 0.0975 e. The molecular formula is C15H20N2S. The van der Waals surface area contributed by atoms with Crippen molar-refractivity contribution in [2.75, 3.05) is 7.05 Å². The summed E-state index contributed by atoms with van der Waals surface area (Å²) in [7, 11) is 1.99. The van der Waals surface area contributed by atoms with Crippen LogP contribution in [0.2, 0.25) is 0 Å². The average Bonchev–Trinajstić information content (AvgIpc) is 2.72. The second kappa shape index (κ2) is 5.63. The Morgan fingerprint density at radius 1 is 1.22 bits per heavy atom. The fraction of sp³-hybridized carbons (Fsp3) is 0.400. The first kappa shape index (κ1) is 13.2.